The second-order valence-corrected chi connectivity index (χ2v) is 7.14. The monoisotopic (exact) mass is 367 g/mol. The minimum atomic E-state index is -1.05. The van der Waals surface area contributed by atoms with Gasteiger partial charge >= 0.3 is 11.8 Å². The summed E-state index contributed by atoms with van der Waals surface area (Å²) < 4.78 is 18.9. The van der Waals surface area contributed by atoms with E-state index in [-0.39, 0.29) is 17.7 Å². The van der Waals surface area contributed by atoms with Crippen molar-refractivity contribution in [2.75, 3.05) is 13.1 Å². The highest BCUT2D eigenvalue weighted by atomic mass is 19.1. The number of halogens is 1. The number of carbonyl (C=O) groups excluding carboxylic acids is 2. The van der Waals surface area contributed by atoms with Crippen molar-refractivity contribution in [3.05, 3.63) is 39.7 Å². The summed E-state index contributed by atoms with van der Waals surface area (Å²) in [5.41, 5.74) is -1.22. The quantitative estimate of drug-likeness (QED) is 0.654. The fourth-order valence-corrected chi connectivity index (χ4v) is 2.60. The van der Waals surface area contributed by atoms with Crippen LogP contribution in [-0.4, -0.2) is 46.6 Å². The van der Waals surface area contributed by atoms with Crippen molar-refractivity contribution in [2.24, 2.45) is 0 Å². The standard InChI is InChI=1S/C17H22FN3O5/c1-17(2,3)26-16(23)20-8-6-12(7-9-20)19-15(22)11-4-5-14(21(24)25)13(18)10-11/h4-5,10,12H,6-9H2,1-3H3,(H,19,22). The molecule has 8 nitrogen and oxygen atoms in total. The predicted molar refractivity (Wildman–Crippen MR) is 91.3 cm³/mol. The minimum Gasteiger partial charge on any atom is -0.444 e. The first-order valence-electron chi connectivity index (χ1n) is 8.29. The topological polar surface area (TPSA) is 102 Å². The molecular formula is C17H22FN3O5. The van der Waals surface area contributed by atoms with Crippen LogP contribution >= 0.6 is 0 Å². The van der Waals surface area contributed by atoms with Gasteiger partial charge in [-0.2, -0.15) is 4.39 Å². The van der Waals surface area contributed by atoms with Gasteiger partial charge in [0, 0.05) is 30.8 Å². The number of rotatable bonds is 3. The van der Waals surface area contributed by atoms with E-state index in [2.05, 4.69) is 5.32 Å². The van der Waals surface area contributed by atoms with E-state index in [1.54, 1.807) is 25.7 Å². The third-order valence-corrected chi connectivity index (χ3v) is 3.89. The predicted octanol–water partition coefficient (Wildman–Crippen LogP) is 2.86. The maximum Gasteiger partial charge on any atom is 0.410 e. The van der Waals surface area contributed by atoms with Gasteiger partial charge in [-0.25, -0.2) is 4.79 Å². The number of hydrogen-bond acceptors (Lipinski definition) is 5. The number of nitrogens with zero attached hydrogens (tertiary/aromatic N) is 2. The van der Waals surface area contributed by atoms with Crippen LogP contribution in [0.5, 0.6) is 0 Å². The van der Waals surface area contributed by atoms with E-state index < -0.39 is 27.9 Å². The maximum atomic E-state index is 13.6. The summed E-state index contributed by atoms with van der Waals surface area (Å²) >= 11 is 0. The molecular weight excluding hydrogens is 345 g/mol. The number of piperidine rings is 1. The molecule has 1 saturated heterocycles. The molecule has 2 amide bonds. The Morgan fingerprint density at radius 3 is 2.42 bits per heavy atom. The van der Waals surface area contributed by atoms with Crippen molar-refractivity contribution < 1.29 is 23.6 Å². The molecule has 1 aliphatic heterocycles. The lowest BCUT2D eigenvalue weighted by molar-refractivity contribution is -0.387. The number of nitrogens with one attached hydrogen (secondary N) is 1. The fourth-order valence-electron chi connectivity index (χ4n) is 2.60. The molecule has 2 rings (SSSR count). The lowest BCUT2D eigenvalue weighted by Crippen LogP contribution is -2.47. The number of likely N-dealkylation sites (tertiary alicyclic amines) is 1. The van der Waals surface area contributed by atoms with Crippen LogP contribution in [0.25, 0.3) is 0 Å². The Bertz CT molecular complexity index is 709. The third-order valence-electron chi connectivity index (χ3n) is 3.89. The van der Waals surface area contributed by atoms with E-state index in [0.29, 0.717) is 25.9 Å². The molecule has 0 atom stereocenters. The van der Waals surface area contributed by atoms with Crippen LogP contribution in [0.15, 0.2) is 18.2 Å². The highest BCUT2D eigenvalue weighted by Crippen LogP contribution is 2.19. The molecule has 1 aromatic carbocycles. The van der Waals surface area contributed by atoms with E-state index >= 15 is 0 Å². The summed E-state index contributed by atoms with van der Waals surface area (Å²) in [7, 11) is 0. The number of nitro benzene ring substituents is 1. The van der Waals surface area contributed by atoms with E-state index in [9.17, 15) is 24.1 Å². The number of ether oxygens (including phenoxy) is 1. The van der Waals surface area contributed by atoms with Gasteiger partial charge in [0.25, 0.3) is 5.91 Å². The van der Waals surface area contributed by atoms with Crippen molar-refractivity contribution in [1.82, 2.24) is 10.2 Å². The van der Waals surface area contributed by atoms with Gasteiger partial charge in [-0.3, -0.25) is 14.9 Å². The zero-order valence-corrected chi connectivity index (χ0v) is 15.0. The second-order valence-electron chi connectivity index (χ2n) is 7.14. The molecule has 1 aliphatic rings. The highest BCUT2D eigenvalue weighted by Gasteiger charge is 2.28. The molecule has 0 radical (unpaired) electrons. The molecule has 1 aromatic rings. The fraction of sp³-hybridized carbons (Fsp3) is 0.529. The molecule has 0 saturated carbocycles. The van der Waals surface area contributed by atoms with Crippen LogP contribution in [0.3, 0.4) is 0 Å². The van der Waals surface area contributed by atoms with Crippen LogP contribution in [0, 0.1) is 15.9 Å². The van der Waals surface area contributed by atoms with Crippen LogP contribution in [0.1, 0.15) is 44.0 Å². The summed E-state index contributed by atoms with van der Waals surface area (Å²) in [6, 6.07) is 2.87. The smallest absolute Gasteiger partial charge is 0.410 e. The lowest BCUT2D eigenvalue weighted by atomic mass is 10.0. The molecule has 0 spiro atoms. The Morgan fingerprint density at radius 1 is 1.31 bits per heavy atom. The Balaban J connectivity index is 1.89. The average Bonchev–Trinajstić information content (AvgIpc) is 2.53. The second kappa shape index (κ2) is 7.67. The van der Waals surface area contributed by atoms with Gasteiger partial charge in [0.05, 0.1) is 4.92 Å². The summed E-state index contributed by atoms with van der Waals surface area (Å²) in [4.78, 5) is 35.6. The van der Waals surface area contributed by atoms with Gasteiger partial charge in [-0.15, -0.1) is 0 Å². The van der Waals surface area contributed by atoms with Gasteiger partial charge in [0.2, 0.25) is 5.82 Å². The van der Waals surface area contributed by atoms with Crippen molar-refractivity contribution in [1.29, 1.82) is 0 Å². The number of nitro groups is 1. The number of benzene rings is 1. The number of carbonyl (C=O) groups is 2. The molecule has 1 heterocycles. The van der Waals surface area contributed by atoms with Crippen molar-refractivity contribution in [3.63, 3.8) is 0 Å². The van der Waals surface area contributed by atoms with Crippen LogP contribution in [0.2, 0.25) is 0 Å². The van der Waals surface area contributed by atoms with E-state index in [1.807, 2.05) is 0 Å². The lowest BCUT2D eigenvalue weighted by Gasteiger charge is -2.33. The first-order valence-corrected chi connectivity index (χ1v) is 8.29. The first-order chi connectivity index (χ1) is 12.1. The van der Waals surface area contributed by atoms with Gasteiger partial charge in [0.15, 0.2) is 0 Å². The summed E-state index contributed by atoms with van der Waals surface area (Å²) in [6.45, 7) is 6.26. The zero-order valence-electron chi connectivity index (χ0n) is 15.0. The normalized spacial score (nSPS) is 15.5. The van der Waals surface area contributed by atoms with Gasteiger partial charge in [-0.05, 0) is 45.7 Å². The molecule has 0 unspecified atom stereocenters. The van der Waals surface area contributed by atoms with Crippen molar-refractivity contribution >= 4 is 17.7 Å². The molecule has 0 aliphatic carbocycles. The SMILES string of the molecule is CC(C)(C)OC(=O)N1CCC(NC(=O)c2ccc([N+](=O)[O-])c(F)c2)CC1. The van der Waals surface area contributed by atoms with Gasteiger partial charge in [0.1, 0.15) is 5.60 Å². The van der Waals surface area contributed by atoms with Gasteiger partial charge < -0.3 is 15.0 Å². The molecule has 0 bridgehead atoms. The molecule has 9 heteroatoms. The van der Waals surface area contributed by atoms with Crippen LogP contribution < -0.4 is 5.32 Å². The molecule has 1 fully saturated rings. The average molecular weight is 367 g/mol. The Labute approximate surface area is 150 Å². The van der Waals surface area contributed by atoms with Crippen molar-refractivity contribution in [3.8, 4) is 0 Å². The molecule has 1 N–H and O–H groups in total. The Morgan fingerprint density at radius 2 is 1.92 bits per heavy atom. The van der Waals surface area contributed by atoms with Crippen LogP contribution in [0.4, 0.5) is 14.9 Å². The van der Waals surface area contributed by atoms with E-state index in [1.165, 1.54) is 6.07 Å². The van der Waals surface area contributed by atoms with Crippen molar-refractivity contribution in [2.45, 2.75) is 45.3 Å². The largest absolute Gasteiger partial charge is 0.444 e. The maximum absolute atomic E-state index is 13.6. The summed E-state index contributed by atoms with van der Waals surface area (Å²) in [6.07, 6.45) is 0.695. The van der Waals surface area contributed by atoms with E-state index in [0.717, 1.165) is 12.1 Å². The number of amides is 2. The number of hydrogen-bond donors (Lipinski definition) is 1. The Kier molecular flexibility index (Phi) is 5.79. The molecule has 0 aromatic heterocycles. The van der Waals surface area contributed by atoms with E-state index in [4.69, 9.17) is 4.74 Å². The highest BCUT2D eigenvalue weighted by molar-refractivity contribution is 5.94. The summed E-state index contributed by atoms with van der Waals surface area (Å²) in [5.74, 6) is -1.56. The van der Waals surface area contributed by atoms with Crippen LogP contribution in [-0.2, 0) is 4.74 Å². The zero-order chi connectivity index (χ0) is 19.5. The van der Waals surface area contributed by atoms with Gasteiger partial charge in [-0.1, -0.05) is 0 Å². The Hall–Kier alpha value is -2.71. The molecule has 142 valence electrons. The third kappa shape index (κ3) is 5.14. The first kappa shape index (κ1) is 19.6. The molecule has 26 heavy (non-hydrogen) atoms. The summed E-state index contributed by atoms with van der Waals surface area (Å²) in [5, 5.41) is 13.4. The minimum absolute atomic E-state index is 0.0164.